The van der Waals surface area contributed by atoms with Gasteiger partial charge in [0.15, 0.2) is 6.29 Å². The molecular formula is C26H42O9. The summed E-state index contributed by atoms with van der Waals surface area (Å²) >= 11 is 0. The molecule has 1 aliphatic heterocycles. The predicted molar refractivity (Wildman–Crippen MR) is 125 cm³/mol. The maximum Gasteiger partial charge on any atom is 0.309 e. The van der Waals surface area contributed by atoms with Gasteiger partial charge in [0.2, 0.25) is 0 Å². The molecule has 3 aliphatic carbocycles. The van der Waals surface area contributed by atoms with Crippen molar-refractivity contribution in [1.82, 2.24) is 0 Å². The molecule has 2 saturated carbocycles. The van der Waals surface area contributed by atoms with Crippen molar-refractivity contribution in [3.05, 3.63) is 11.6 Å². The van der Waals surface area contributed by atoms with E-state index >= 15 is 0 Å². The van der Waals surface area contributed by atoms with Gasteiger partial charge >= 0.3 is 5.97 Å². The summed E-state index contributed by atoms with van der Waals surface area (Å²) in [6.07, 6.45) is 0.198. The second kappa shape index (κ2) is 9.67. The van der Waals surface area contributed by atoms with E-state index in [0.717, 1.165) is 32.1 Å². The molecule has 4 aliphatic rings. The average Bonchev–Trinajstić information content (AvgIpc) is 2.81. The fraction of sp³-hybridized carbons (Fsp3) is 0.885. The van der Waals surface area contributed by atoms with Crippen molar-refractivity contribution in [2.75, 3.05) is 13.2 Å². The number of aliphatic hydroxyl groups excluding tert-OH is 5. The average molecular weight is 499 g/mol. The molecule has 4 unspecified atom stereocenters. The Hall–Kier alpha value is -1.07. The normalized spacial score (nSPS) is 48.9. The maximum atomic E-state index is 12.2. The van der Waals surface area contributed by atoms with Crippen LogP contribution >= 0.6 is 0 Å². The number of carboxylic acid groups (broad SMARTS) is 1. The standard InChI is InChI=1S/C26H42O9/c1-24(18(28)13-34-22-21(31)20(30)19(29)16(12-27)35-22)10-7-15-14(11-24)5-6-17-25(15,2)8-4-9-26(17,3)23(32)33/h5,15-22,27-31H,4,6-13H2,1-3H3,(H,32,33)/t15?,16-,17?,18?,19-,20+,21+,22+,24?,25-,26-/m1/s1. The number of rotatable bonds is 6. The van der Waals surface area contributed by atoms with E-state index < -0.39 is 60.2 Å². The van der Waals surface area contributed by atoms with Crippen molar-refractivity contribution in [3.63, 3.8) is 0 Å². The van der Waals surface area contributed by atoms with Crippen LogP contribution in [-0.4, -0.2) is 86.6 Å². The zero-order valence-corrected chi connectivity index (χ0v) is 21.0. The van der Waals surface area contributed by atoms with Crippen LogP contribution in [0.5, 0.6) is 0 Å². The Kier molecular flexibility index (Phi) is 7.45. The number of carboxylic acids is 1. The van der Waals surface area contributed by atoms with Crippen molar-refractivity contribution in [1.29, 1.82) is 0 Å². The van der Waals surface area contributed by atoms with Crippen LogP contribution in [0.15, 0.2) is 11.6 Å². The summed E-state index contributed by atoms with van der Waals surface area (Å²) in [5.41, 5.74) is 0.0344. The number of aliphatic hydroxyl groups is 5. The SMILES string of the molecule is CC1(C(O)CO[C@H]2O[C@H](CO)[C@@H](O)[C@H](O)[C@@H]2O)CCC2C(=CCC3[C@]2(C)CCC[C@@]3(C)C(=O)O)C1. The molecule has 11 atom stereocenters. The summed E-state index contributed by atoms with van der Waals surface area (Å²) in [6, 6.07) is 0. The number of hydrogen-bond donors (Lipinski definition) is 6. The van der Waals surface area contributed by atoms with E-state index in [1.54, 1.807) is 0 Å². The minimum absolute atomic E-state index is 0.0748. The van der Waals surface area contributed by atoms with Crippen LogP contribution in [-0.2, 0) is 14.3 Å². The Labute approximate surface area is 206 Å². The fourth-order valence-corrected chi connectivity index (χ4v) is 7.57. The minimum Gasteiger partial charge on any atom is -0.481 e. The smallest absolute Gasteiger partial charge is 0.309 e. The van der Waals surface area contributed by atoms with Gasteiger partial charge in [-0.15, -0.1) is 0 Å². The lowest BCUT2D eigenvalue weighted by Crippen LogP contribution is -2.59. The molecule has 0 aromatic rings. The van der Waals surface area contributed by atoms with Crippen LogP contribution in [0.1, 0.15) is 65.7 Å². The third-order valence-corrected chi connectivity index (χ3v) is 10.0. The van der Waals surface area contributed by atoms with Gasteiger partial charge in [-0.1, -0.05) is 31.9 Å². The first-order chi connectivity index (χ1) is 16.4. The number of hydrogen-bond acceptors (Lipinski definition) is 8. The Morgan fingerprint density at radius 3 is 2.51 bits per heavy atom. The minimum atomic E-state index is -1.53. The van der Waals surface area contributed by atoms with Gasteiger partial charge in [-0.3, -0.25) is 4.79 Å². The lowest BCUT2D eigenvalue weighted by atomic mass is 9.45. The Balaban J connectivity index is 1.44. The van der Waals surface area contributed by atoms with E-state index in [-0.39, 0.29) is 17.9 Å². The Morgan fingerprint density at radius 1 is 1.14 bits per heavy atom. The van der Waals surface area contributed by atoms with Crippen LogP contribution in [0, 0.1) is 28.1 Å². The number of aliphatic carboxylic acids is 1. The van der Waals surface area contributed by atoms with Gasteiger partial charge < -0.3 is 40.1 Å². The van der Waals surface area contributed by atoms with Crippen LogP contribution in [0.4, 0.5) is 0 Å². The van der Waals surface area contributed by atoms with E-state index in [1.807, 2.05) is 13.8 Å². The summed E-state index contributed by atoms with van der Waals surface area (Å²) in [5.74, 6) is -0.308. The van der Waals surface area contributed by atoms with Crippen LogP contribution < -0.4 is 0 Å². The van der Waals surface area contributed by atoms with Crippen molar-refractivity contribution in [2.45, 2.75) is 103 Å². The first kappa shape index (κ1) is 27.0. The van der Waals surface area contributed by atoms with Crippen LogP contribution in [0.25, 0.3) is 0 Å². The van der Waals surface area contributed by atoms with Gasteiger partial charge in [0.25, 0.3) is 0 Å². The molecule has 0 spiro atoms. The molecule has 0 amide bonds. The van der Waals surface area contributed by atoms with Gasteiger partial charge in [0.1, 0.15) is 24.4 Å². The number of carbonyl (C=O) groups is 1. The molecule has 3 fully saturated rings. The number of allylic oxidation sites excluding steroid dienone is 2. The molecule has 0 bridgehead atoms. The monoisotopic (exact) mass is 498 g/mol. The second-order valence-corrected chi connectivity index (χ2v) is 12.1. The van der Waals surface area contributed by atoms with Gasteiger partial charge in [0, 0.05) is 0 Å². The lowest BCUT2D eigenvalue weighted by molar-refractivity contribution is -0.306. The summed E-state index contributed by atoms with van der Waals surface area (Å²) in [5, 5.41) is 60.6. The summed E-state index contributed by atoms with van der Waals surface area (Å²) in [4.78, 5) is 12.2. The van der Waals surface area contributed by atoms with E-state index in [0.29, 0.717) is 18.8 Å². The molecular weight excluding hydrogens is 456 g/mol. The van der Waals surface area contributed by atoms with Crippen molar-refractivity contribution in [2.24, 2.45) is 28.1 Å². The van der Waals surface area contributed by atoms with Crippen molar-refractivity contribution >= 4 is 5.97 Å². The van der Waals surface area contributed by atoms with Gasteiger partial charge in [-0.2, -0.15) is 0 Å². The maximum absolute atomic E-state index is 12.2. The molecule has 9 nitrogen and oxygen atoms in total. The highest BCUT2D eigenvalue weighted by Gasteiger charge is 2.58. The molecule has 0 aromatic carbocycles. The first-order valence-corrected chi connectivity index (χ1v) is 12.9. The summed E-state index contributed by atoms with van der Waals surface area (Å²) in [7, 11) is 0. The number of fused-ring (bicyclic) bond motifs is 3. The van der Waals surface area contributed by atoms with E-state index in [9.17, 15) is 35.4 Å². The van der Waals surface area contributed by atoms with Gasteiger partial charge in [0.05, 0.1) is 24.7 Å². The first-order valence-electron chi connectivity index (χ1n) is 12.9. The third kappa shape index (κ3) is 4.47. The third-order valence-electron chi connectivity index (χ3n) is 10.0. The molecule has 200 valence electrons. The van der Waals surface area contributed by atoms with E-state index in [1.165, 1.54) is 5.57 Å². The van der Waals surface area contributed by atoms with Crippen molar-refractivity contribution < 1.29 is 44.9 Å². The Bertz CT molecular complexity index is 830. The highest BCUT2D eigenvalue weighted by atomic mass is 16.7. The zero-order valence-electron chi connectivity index (χ0n) is 21.0. The van der Waals surface area contributed by atoms with E-state index in [2.05, 4.69) is 13.0 Å². The quantitative estimate of drug-likeness (QED) is 0.296. The molecule has 0 radical (unpaired) electrons. The Morgan fingerprint density at radius 2 is 1.86 bits per heavy atom. The predicted octanol–water partition coefficient (Wildman–Crippen LogP) is 1.20. The molecule has 9 heteroatoms. The highest BCUT2D eigenvalue weighted by Crippen LogP contribution is 2.64. The number of ether oxygens (including phenoxy) is 2. The van der Waals surface area contributed by atoms with E-state index in [4.69, 9.17) is 9.47 Å². The van der Waals surface area contributed by atoms with Gasteiger partial charge in [-0.05, 0) is 68.1 Å². The topological polar surface area (TPSA) is 157 Å². The van der Waals surface area contributed by atoms with Crippen LogP contribution in [0.3, 0.4) is 0 Å². The summed E-state index contributed by atoms with van der Waals surface area (Å²) < 4.78 is 11.0. The van der Waals surface area contributed by atoms with Crippen LogP contribution in [0.2, 0.25) is 0 Å². The van der Waals surface area contributed by atoms with Gasteiger partial charge in [-0.25, -0.2) is 0 Å². The molecule has 0 aromatic heterocycles. The second-order valence-electron chi connectivity index (χ2n) is 12.1. The largest absolute Gasteiger partial charge is 0.481 e. The fourth-order valence-electron chi connectivity index (χ4n) is 7.57. The van der Waals surface area contributed by atoms with Crippen molar-refractivity contribution in [3.8, 4) is 0 Å². The zero-order chi connectivity index (χ0) is 25.8. The molecule has 1 saturated heterocycles. The highest BCUT2D eigenvalue weighted by molar-refractivity contribution is 5.75. The molecule has 35 heavy (non-hydrogen) atoms. The summed E-state index contributed by atoms with van der Waals surface area (Å²) in [6.45, 7) is 5.51. The lowest BCUT2D eigenvalue weighted by Gasteiger charge is -2.59. The molecule has 6 N–H and O–H groups in total. The molecule has 1 heterocycles. The molecule has 4 rings (SSSR count).